The van der Waals surface area contributed by atoms with E-state index in [0.717, 1.165) is 30.4 Å². The second-order valence-corrected chi connectivity index (χ2v) is 9.22. The highest BCUT2D eigenvalue weighted by atomic mass is 16.5. The summed E-state index contributed by atoms with van der Waals surface area (Å²) in [7, 11) is 0. The third kappa shape index (κ3) is 5.24. The normalized spacial score (nSPS) is 19.7. The number of ether oxygens (including phenoxy) is 1. The van der Waals surface area contributed by atoms with Gasteiger partial charge in [0.2, 0.25) is 5.91 Å². The van der Waals surface area contributed by atoms with E-state index in [0.29, 0.717) is 13.0 Å². The Morgan fingerprint density at radius 1 is 1.03 bits per heavy atom. The monoisotopic (exact) mass is 464 g/mol. The van der Waals surface area contributed by atoms with Gasteiger partial charge in [0.25, 0.3) is 0 Å². The molecule has 2 aliphatic carbocycles. The van der Waals surface area contributed by atoms with Gasteiger partial charge < -0.3 is 20.5 Å². The molecule has 4 rings (SSSR count). The van der Waals surface area contributed by atoms with Crippen molar-refractivity contribution in [1.29, 1.82) is 0 Å². The van der Waals surface area contributed by atoms with Crippen LogP contribution in [-0.2, 0) is 14.3 Å². The molecule has 7 nitrogen and oxygen atoms in total. The van der Waals surface area contributed by atoms with Crippen molar-refractivity contribution in [2.75, 3.05) is 13.2 Å². The molecule has 1 saturated carbocycles. The number of carboxylic acid groups (broad SMARTS) is 1. The minimum atomic E-state index is -0.924. The molecule has 0 aromatic heterocycles. The molecule has 3 N–H and O–H groups in total. The largest absolute Gasteiger partial charge is 0.481 e. The molecule has 0 radical (unpaired) electrons. The lowest BCUT2D eigenvalue weighted by atomic mass is 9.94. The van der Waals surface area contributed by atoms with Crippen LogP contribution in [0.2, 0.25) is 0 Å². The summed E-state index contributed by atoms with van der Waals surface area (Å²) in [4.78, 5) is 36.2. The van der Waals surface area contributed by atoms with Gasteiger partial charge >= 0.3 is 12.1 Å². The number of carboxylic acids is 1. The Morgan fingerprint density at radius 3 is 2.29 bits per heavy atom. The number of hydrogen-bond acceptors (Lipinski definition) is 4. The van der Waals surface area contributed by atoms with Gasteiger partial charge in [-0.2, -0.15) is 0 Å². The third-order valence-corrected chi connectivity index (χ3v) is 7.11. The van der Waals surface area contributed by atoms with E-state index in [-0.39, 0.29) is 42.7 Å². The highest BCUT2D eigenvalue weighted by Crippen LogP contribution is 2.44. The average molecular weight is 465 g/mol. The summed E-state index contributed by atoms with van der Waals surface area (Å²) < 4.78 is 5.61. The quantitative estimate of drug-likeness (QED) is 0.513. The fraction of sp³-hybridized carbons (Fsp3) is 0.444. The molecule has 0 aliphatic heterocycles. The Hall–Kier alpha value is -3.35. The van der Waals surface area contributed by atoms with Gasteiger partial charge in [0.05, 0.1) is 6.42 Å². The average Bonchev–Trinajstić information content (AvgIpc) is 3.43. The number of fused-ring (bicyclic) bond motifs is 3. The maximum absolute atomic E-state index is 12.7. The van der Waals surface area contributed by atoms with Crippen molar-refractivity contribution in [3.63, 3.8) is 0 Å². The number of nitrogens with one attached hydrogen (secondary N) is 2. The number of carbonyl (C=O) groups excluding carboxylic acids is 2. The first-order valence-electron chi connectivity index (χ1n) is 12.1. The lowest BCUT2D eigenvalue weighted by molar-refractivity contribution is -0.138. The minimum absolute atomic E-state index is 0.00312. The molecule has 3 atom stereocenters. The maximum Gasteiger partial charge on any atom is 0.407 e. The van der Waals surface area contributed by atoms with E-state index >= 15 is 0 Å². The lowest BCUT2D eigenvalue weighted by Crippen LogP contribution is -2.43. The van der Waals surface area contributed by atoms with Crippen molar-refractivity contribution in [3.05, 3.63) is 59.7 Å². The number of aliphatic carboxylic acids is 1. The van der Waals surface area contributed by atoms with E-state index < -0.39 is 12.1 Å². The molecule has 0 spiro atoms. The number of hydrogen-bond donors (Lipinski definition) is 3. The summed E-state index contributed by atoms with van der Waals surface area (Å²) in [5.74, 6) is -1.25. The Labute approximate surface area is 199 Å². The van der Waals surface area contributed by atoms with Crippen LogP contribution in [-0.4, -0.2) is 42.3 Å². The summed E-state index contributed by atoms with van der Waals surface area (Å²) in [6.07, 6.45) is 2.49. The number of amides is 2. The van der Waals surface area contributed by atoms with Gasteiger partial charge in [-0.05, 0) is 47.4 Å². The van der Waals surface area contributed by atoms with Gasteiger partial charge in [0.15, 0.2) is 0 Å². The predicted molar refractivity (Wildman–Crippen MR) is 128 cm³/mol. The zero-order valence-corrected chi connectivity index (χ0v) is 19.5. The highest BCUT2D eigenvalue weighted by Gasteiger charge is 2.34. The van der Waals surface area contributed by atoms with Crippen molar-refractivity contribution < 1.29 is 24.2 Å². The molecule has 180 valence electrons. The molecule has 0 saturated heterocycles. The van der Waals surface area contributed by atoms with Gasteiger partial charge in [-0.25, -0.2) is 4.79 Å². The van der Waals surface area contributed by atoms with Crippen LogP contribution < -0.4 is 10.6 Å². The molecular weight excluding hydrogens is 432 g/mol. The van der Waals surface area contributed by atoms with E-state index in [4.69, 9.17) is 9.84 Å². The summed E-state index contributed by atoms with van der Waals surface area (Å²) >= 11 is 0. The molecule has 34 heavy (non-hydrogen) atoms. The minimum Gasteiger partial charge on any atom is -0.481 e. The zero-order chi connectivity index (χ0) is 24.1. The first kappa shape index (κ1) is 23.8. The van der Waals surface area contributed by atoms with Gasteiger partial charge in [-0.1, -0.05) is 61.9 Å². The van der Waals surface area contributed by atoms with Crippen LogP contribution in [0.15, 0.2) is 48.5 Å². The Kier molecular flexibility index (Phi) is 7.50. The second-order valence-electron chi connectivity index (χ2n) is 9.22. The number of alkyl carbamates (subject to hydrolysis) is 1. The fourth-order valence-corrected chi connectivity index (χ4v) is 5.31. The molecule has 2 amide bonds. The molecular formula is C27H32N2O5. The van der Waals surface area contributed by atoms with Crippen molar-refractivity contribution in [3.8, 4) is 11.1 Å². The van der Waals surface area contributed by atoms with E-state index in [1.807, 2.05) is 31.2 Å². The summed E-state index contributed by atoms with van der Waals surface area (Å²) in [6.45, 7) is 2.48. The summed E-state index contributed by atoms with van der Waals surface area (Å²) in [6, 6.07) is 16.0. The number of benzene rings is 2. The van der Waals surface area contributed by atoms with Crippen LogP contribution in [0.3, 0.4) is 0 Å². The predicted octanol–water partition coefficient (Wildman–Crippen LogP) is 4.31. The van der Waals surface area contributed by atoms with E-state index in [2.05, 4.69) is 34.9 Å². The SMILES string of the molecule is CC[C@H](CC(=O)O)NC(=O)C1CCCC1CNC(=O)OCC1c2ccccc2-c2ccccc21. The van der Waals surface area contributed by atoms with Crippen molar-refractivity contribution >= 4 is 18.0 Å². The standard InChI is InChI=1S/C27H32N2O5/c1-2-18(14-25(30)31)29-26(32)19-13-7-8-17(19)15-28-27(33)34-16-24-22-11-5-3-9-20(22)21-10-4-6-12-23(21)24/h3-6,9-12,17-19,24H,2,7-8,13-16H2,1H3,(H,28,33)(H,29,32)(H,30,31)/t17?,18-,19?/m1/s1. The molecule has 1 fully saturated rings. The molecule has 0 heterocycles. The van der Waals surface area contributed by atoms with Gasteiger partial charge in [0.1, 0.15) is 6.61 Å². The van der Waals surface area contributed by atoms with Crippen molar-refractivity contribution in [1.82, 2.24) is 10.6 Å². The van der Waals surface area contributed by atoms with Crippen molar-refractivity contribution in [2.45, 2.75) is 51.0 Å². The Balaban J connectivity index is 1.29. The first-order valence-corrected chi connectivity index (χ1v) is 12.1. The molecule has 0 bridgehead atoms. The lowest BCUT2D eigenvalue weighted by Gasteiger charge is -2.23. The number of carbonyl (C=O) groups is 3. The maximum atomic E-state index is 12.7. The zero-order valence-electron chi connectivity index (χ0n) is 19.5. The number of rotatable bonds is 9. The van der Waals surface area contributed by atoms with E-state index in [1.54, 1.807) is 0 Å². The van der Waals surface area contributed by atoms with Crippen molar-refractivity contribution in [2.24, 2.45) is 11.8 Å². The van der Waals surface area contributed by atoms with Crippen LogP contribution in [0.5, 0.6) is 0 Å². The molecule has 2 aromatic carbocycles. The molecule has 7 heteroatoms. The first-order chi connectivity index (χ1) is 16.5. The fourth-order valence-electron chi connectivity index (χ4n) is 5.31. The molecule has 2 aromatic rings. The van der Waals surface area contributed by atoms with Crippen LogP contribution in [0.25, 0.3) is 11.1 Å². The molecule has 2 aliphatic rings. The summed E-state index contributed by atoms with van der Waals surface area (Å²) in [5, 5.41) is 14.7. The van der Waals surface area contributed by atoms with Crippen LogP contribution in [0, 0.1) is 11.8 Å². The smallest absolute Gasteiger partial charge is 0.407 e. The van der Waals surface area contributed by atoms with E-state index in [9.17, 15) is 14.4 Å². The van der Waals surface area contributed by atoms with Gasteiger partial charge in [-0.15, -0.1) is 0 Å². The van der Waals surface area contributed by atoms with Crippen LogP contribution in [0.4, 0.5) is 4.79 Å². The molecule has 2 unspecified atom stereocenters. The van der Waals surface area contributed by atoms with Gasteiger partial charge in [-0.3, -0.25) is 9.59 Å². The van der Waals surface area contributed by atoms with Gasteiger partial charge in [0, 0.05) is 24.4 Å². The van der Waals surface area contributed by atoms with Crippen LogP contribution in [0.1, 0.15) is 56.1 Å². The topological polar surface area (TPSA) is 105 Å². The third-order valence-electron chi connectivity index (χ3n) is 7.11. The summed E-state index contributed by atoms with van der Waals surface area (Å²) in [5.41, 5.74) is 4.69. The van der Waals surface area contributed by atoms with E-state index in [1.165, 1.54) is 11.1 Å². The highest BCUT2D eigenvalue weighted by molar-refractivity contribution is 5.81. The Bertz CT molecular complexity index is 1010. The second kappa shape index (κ2) is 10.7. The Morgan fingerprint density at radius 2 is 1.68 bits per heavy atom. The van der Waals surface area contributed by atoms with Crippen LogP contribution >= 0.6 is 0 Å².